The summed E-state index contributed by atoms with van der Waals surface area (Å²) in [5, 5.41) is 35.4. The molecule has 1 aromatic rings. The van der Waals surface area contributed by atoms with E-state index in [-0.39, 0.29) is 6.04 Å². The zero-order valence-corrected chi connectivity index (χ0v) is 10.2. The van der Waals surface area contributed by atoms with Crippen LogP contribution in [0.4, 0.5) is 0 Å². The highest BCUT2D eigenvalue weighted by Gasteiger charge is 2.33. The summed E-state index contributed by atoms with van der Waals surface area (Å²) in [5.74, 6) is 0. The molecule has 0 aliphatic carbocycles. The maximum Gasteiger partial charge on any atom is 0.109 e. The molecule has 0 saturated carbocycles. The van der Waals surface area contributed by atoms with E-state index in [1.807, 2.05) is 30.3 Å². The minimum absolute atomic E-state index is 0.280. The molecule has 0 spiro atoms. The molecule has 0 bridgehead atoms. The molecule has 100 valence electrons. The van der Waals surface area contributed by atoms with Crippen LogP contribution in [0.15, 0.2) is 30.3 Å². The number of rotatable bonds is 3. The maximum absolute atomic E-state index is 9.95. The van der Waals surface area contributed by atoms with Gasteiger partial charge in [-0.1, -0.05) is 30.3 Å². The fraction of sp³-hybridized carbons (Fsp3) is 0.538. The molecular weight excluding hydrogens is 232 g/mol. The summed E-state index contributed by atoms with van der Waals surface area (Å²) in [5.41, 5.74) is 1.11. The topological polar surface area (TPSA) is 84.8 Å². The second-order valence-electron chi connectivity index (χ2n) is 4.68. The third-order valence-electron chi connectivity index (χ3n) is 3.29. The van der Waals surface area contributed by atoms with Crippen LogP contribution in [0.5, 0.6) is 0 Å². The molecule has 1 aliphatic rings. The van der Waals surface area contributed by atoms with Crippen molar-refractivity contribution >= 4 is 0 Å². The molecular formula is C13H20N2O3. The summed E-state index contributed by atoms with van der Waals surface area (Å²) < 4.78 is 0. The van der Waals surface area contributed by atoms with Crippen LogP contribution in [0, 0.1) is 0 Å². The third kappa shape index (κ3) is 3.28. The number of benzene rings is 1. The van der Waals surface area contributed by atoms with Gasteiger partial charge in [0.05, 0.1) is 12.2 Å². The first kappa shape index (κ1) is 13.5. The number of aliphatic hydroxyl groups excluding tert-OH is 3. The third-order valence-corrected chi connectivity index (χ3v) is 3.29. The van der Waals surface area contributed by atoms with Gasteiger partial charge >= 0.3 is 0 Å². The highest BCUT2D eigenvalue weighted by atomic mass is 16.4. The summed E-state index contributed by atoms with van der Waals surface area (Å²) >= 11 is 0. The molecule has 0 amide bonds. The van der Waals surface area contributed by atoms with E-state index in [2.05, 4.69) is 10.6 Å². The van der Waals surface area contributed by atoms with E-state index >= 15 is 0 Å². The van der Waals surface area contributed by atoms with Crippen LogP contribution < -0.4 is 10.6 Å². The average molecular weight is 252 g/mol. The predicted molar refractivity (Wildman–Crippen MR) is 68.0 cm³/mol. The average Bonchev–Trinajstić information content (AvgIpc) is 2.52. The van der Waals surface area contributed by atoms with E-state index < -0.39 is 18.3 Å². The normalized spacial score (nSPS) is 33.1. The van der Waals surface area contributed by atoms with Gasteiger partial charge in [-0.15, -0.1) is 0 Å². The van der Waals surface area contributed by atoms with E-state index in [1.54, 1.807) is 0 Å². The Hall–Kier alpha value is -0.980. The number of nitrogens with one attached hydrogen (secondary N) is 2. The Morgan fingerprint density at radius 3 is 2.50 bits per heavy atom. The smallest absolute Gasteiger partial charge is 0.109 e. The Kier molecular flexibility index (Phi) is 4.68. The molecule has 0 aromatic heterocycles. The van der Waals surface area contributed by atoms with Crippen LogP contribution in [0.2, 0.25) is 0 Å². The summed E-state index contributed by atoms with van der Waals surface area (Å²) in [6, 6.07) is 9.57. The molecule has 2 rings (SSSR count). The molecule has 1 saturated heterocycles. The maximum atomic E-state index is 9.95. The van der Waals surface area contributed by atoms with E-state index in [1.165, 1.54) is 0 Å². The van der Waals surface area contributed by atoms with Crippen molar-refractivity contribution < 1.29 is 15.3 Å². The van der Waals surface area contributed by atoms with Crippen LogP contribution in [0.25, 0.3) is 0 Å². The van der Waals surface area contributed by atoms with Gasteiger partial charge in [-0.3, -0.25) is 0 Å². The first-order valence-corrected chi connectivity index (χ1v) is 6.20. The molecule has 18 heavy (non-hydrogen) atoms. The monoisotopic (exact) mass is 252 g/mol. The highest BCUT2D eigenvalue weighted by molar-refractivity contribution is 5.14. The van der Waals surface area contributed by atoms with E-state index in [4.69, 9.17) is 0 Å². The quantitative estimate of drug-likeness (QED) is 0.468. The van der Waals surface area contributed by atoms with Gasteiger partial charge in [-0.25, -0.2) is 0 Å². The zero-order valence-electron chi connectivity index (χ0n) is 10.2. The van der Waals surface area contributed by atoms with Gasteiger partial charge in [0, 0.05) is 25.7 Å². The summed E-state index contributed by atoms with van der Waals surface area (Å²) in [4.78, 5) is 0. The van der Waals surface area contributed by atoms with Gasteiger partial charge in [0.15, 0.2) is 0 Å². The summed E-state index contributed by atoms with van der Waals surface area (Å²) in [6.07, 6.45) is -3.02. The minimum atomic E-state index is -1.12. The first-order valence-electron chi connectivity index (χ1n) is 6.20. The standard InChI is InChI=1S/C13H20N2O3/c16-11-8-14-7-10(12(17)13(11)18)15-6-9-4-2-1-3-5-9/h1-5,10-18H,6-8H2/t10-,11-,12-,13+/m1/s1. The van der Waals surface area contributed by atoms with Crippen molar-refractivity contribution in [2.24, 2.45) is 0 Å². The molecule has 0 unspecified atom stereocenters. The van der Waals surface area contributed by atoms with Crippen molar-refractivity contribution in [3.05, 3.63) is 35.9 Å². The Labute approximate surface area is 106 Å². The van der Waals surface area contributed by atoms with Gasteiger partial charge in [0.25, 0.3) is 0 Å². The largest absolute Gasteiger partial charge is 0.389 e. The van der Waals surface area contributed by atoms with Crippen LogP contribution >= 0.6 is 0 Å². The van der Waals surface area contributed by atoms with Crippen LogP contribution in [-0.2, 0) is 6.54 Å². The van der Waals surface area contributed by atoms with Crippen molar-refractivity contribution in [1.82, 2.24) is 10.6 Å². The van der Waals surface area contributed by atoms with E-state index in [0.29, 0.717) is 19.6 Å². The van der Waals surface area contributed by atoms with E-state index in [0.717, 1.165) is 5.56 Å². The number of aliphatic hydroxyl groups is 3. The van der Waals surface area contributed by atoms with Crippen molar-refractivity contribution in [1.29, 1.82) is 0 Å². The van der Waals surface area contributed by atoms with Crippen molar-refractivity contribution in [2.45, 2.75) is 30.9 Å². The summed E-state index contributed by atoms with van der Waals surface area (Å²) in [6.45, 7) is 1.43. The molecule has 1 fully saturated rings. The van der Waals surface area contributed by atoms with E-state index in [9.17, 15) is 15.3 Å². The SMILES string of the molecule is O[C@@H]1[C@H](O)[C@H](NCc2ccccc2)CNC[C@H]1O. The van der Waals surface area contributed by atoms with Crippen LogP contribution in [-0.4, -0.2) is 52.8 Å². The molecule has 0 radical (unpaired) electrons. The Bertz CT molecular complexity index is 361. The number of hydrogen-bond donors (Lipinski definition) is 5. The van der Waals surface area contributed by atoms with Gasteiger partial charge < -0.3 is 26.0 Å². The second-order valence-corrected chi connectivity index (χ2v) is 4.68. The lowest BCUT2D eigenvalue weighted by atomic mass is 10.0. The number of β-amino-alcohol motifs (C(OH)–C–C–N with tert-alkyl or cyclic N) is 1. The lowest BCUT2D eigenvalue weighted by Crippen LogP contribution is -2.50. The van der Waals surface area contributed by atoms with Gasteiger partial charge in [0.2, 0.25) is 0 Å². The van der Waals surface area contributed by atoms with Gasteiger partial charge in [-0.05, 0) is 5.56 Å². The second kappa shape index (κ2) is 6.26. The van der Waals surface area contributed by atoms with Gasteiger partial charge in [-0.2, -0.15) is 0 Å². The molecule has 5 heteroatoms. The fourth-order valence-electron chi connectivity index (χ4n) is 2.13. The zero-order chi connectivity index (χ0) is 13.0. The Morgan fingerprint density at radius 1 is 1.06 bits per heavy atom. The molecule has 1 aromatic carbocycles. The fourth-order valence-corrected chi connectivity index (χ4v) is 2.13. The molecule has 1 heterocycles. The molecule has 1 aliphatic heterocycles. The van der Waals surface area contributed by atoms with Crippen LogP contribution in [0.3, 0.4) is 0 Å². The lowest BCUT2D eigenvalue weighted by molar-refractivity contribution is -0.0598. The summed E-state index contributed by atoms with van der Waals surface area (Å²) in [7, 11) is 0. The van der Waals surface area contributed by atoms with Crippen LogP contribution in [0.1, 0.15) is 5.56 Å². The van der Waals surface area contributed by atoms with Crippen molar-refractivity contribution in [3.63, 3.8) is 0 Å². The lowest BCUT2D eigenvalue weighted by Gasteiger charge is -2.26. The number of hydrogen-bond acceptors (Lipinski definition) is 5. The first-order chi connectivity index (χ1) is 8.68. The molecule has 4 atom stereocenters. The molecule has 5 N–H and O–H groups in total. The highest BCUT2D eigenvalue weighted by Crippen LogP contribution is 2.09. The molecule has 5 nitrogen and oxygen atoms in total. The van der Waals surface area contributed by atoms with Gasteiger partial charge in [0.1, 0.15) is 6.10 Å². The Morgan fingerprint density at radius 2 is 1.78 bits per heavy atom. The predicted octanol–water partition coefficient (Wildman–Crippen LogP) is -1.17. The van der Waals surface area contributed by atoms with Crippen molar-refractivity contribution in [2.75, 3.05) is 13.1 Å². The van der Waals surface area contributed by atoms with Crippen molar-refractivity contribution in [3.8, 4) is 0 Å². The minimum Gasteiger partial charge on any atom is -0.389 e. The Balaban J connectivity index is 1.92.